The van der Waals surface area contributed by atoms with Gasteiger partial charge in [-0.05, 0) is 49.8 Å². The lowest BCUT2D eigenvalue weighted by Crippen LogP contribution is -3.22. The monoisotopic (exact) mass is 383 g/mol. The third kappa shape index (κ3) is 4.90. The summed E-state index contributed by atoms with van der Waals surface area (Å²) in [6.45, 7) is 3.34. The second-order valence-corrected chi connectivity index (χ2v) is 8.52. The lowest BCUT2D eigenvalue weighted by atomic mass is 9.79. The normalized spacial score (nSPS) is 21.0. The fourth-order valence-electron chi connectivity index (χ4n) is 4.56. The van der Waals surface area contributed by atoms with Crippen molar-refractivity contribution in [1.29, 1.82) is 0 Å². The maximum Gasteiger partial charge on any atom is 0.224 e. The van der Waals surface area contributed by atoms with Crippen molar-refractivity contribution in [2.75, 3.05) is 19.6 Å². The average Bonchev–Trinajstić information content (AvgIpc) is 2.65. The average molecular weight is 384 g/mol. The standard InChI is InChI=1S/C20H28Cl2N2O/c21-17-8-7-16(13-18(17)22)14-19(25)23-15-20(9-3-1-4-10-20)24-11-5-2-6-12-24/h7-8,13H,1-6,9-12,14-15H2,(H,23,25)/p+1. The van der Waals surface area contributed by atoms with Gasteiger partial charge in [0.25, 0.3) is 0 Å². The van der Waals surface area contributed by atoms with Crippen molar-refractivity contribution < 1.29 is 9.69 Å². The number of quaternary nitrogens is 1. The minimum absolute atomic E-state index is 0.0831. The van der Waals surface area contributed by atoms with Crippen LogP contribution in [-0.4, -0.2) is 31.1 Å². The first kappa shape index (κ1) is 19.0. The van der Waals surface area contributed by atoms with Crippen LogP contribution in [-0.2, 0) is 11.2 Å². The summed E-state index contributed by atoms with van der Waals surface area (Å²) < 4.78 is 0. The molecular weight excluding hydrogens is 355 g/mol. The lowest BCUT2D eigenvalue weighted by molar-refractivity contribution is -0.957. The number of amides is 1. The summed E-state index contributed by atoms with van der Waals surface area (Å²) in [6, 6.07) is 5.42. The molecule has 1 saturated carbocycles. The summed E-state index contributed by atoms with van der Waals surface area (Å²) in [5, 5.41) is 4.27. The summed E-state index contributed by atoms with van der Waals surface area (Å²) in [5.74, 6) is 0.0831. The Balaban J connectivity index is 1.60. The first-order valence-electron chi connectivity index (χ1n) is 9.65. The molecule has 1 saturated heterocycles. The van der Waals surface area contributed by atoms with Gasteiger partial charge in [0.05, 0.1) is 36.1 Å². The molecule has 0 unspecified atom stereocenters. The maximum atomic E-state index is 12.5. The topological polar surface area (TPSA) is 33.5 Å². The zero-order valence-electron chi connectivity index (χ0n) is 14.9. The van der Waals surface area contributed by atoms with E-state index in [4.69, 9.17) is 23.2 Å². The van der Waals surface area contributed by atoms with Crippen molar-refractivity contribution in [3.05, 3.63) is 33.8 Å². The molecule has 0 spiro atoms. The Bertz CT molecular complexity index is 593. The van der Waals surface area contributed by atoms with Crippen molar-refractivity contribution in [3.63, 3.8) is 0 Å². The van der Waals surface area contributed by atoms with Crippen molar-refractivity contribution in [3.8, 4) is 0 Å². The molecule has 3 nitrogen and oxygen atoms in total. The van der Waals surface area contributed by atoms with E-state index in [9.17, 15) is 4.79 Å². The van der Waals surface area contributed by atoms with Crippen molar-refractivity contribution in [2.24, 2.45) is 0 Å². The quantitative estimate of drug-likeness (QED) is 0.802. The molecule has 2 fully saturated rings. The van der Waals surface area contributed by atoms with Gasteiger partial charge in [0, 0.05) is 12.8 Å². The molecule has 25 heavy (non-hydrogen) atoms. The minimum Gasteiger partial charge on any atom is -0.350 e. The van der Waals surface area contributed by atoms with Crippen molar-refractivity contribution >= 4 is 29.1 Å². The molecule has 1 aliphatic heterocycles. The third-order valence-corrected chi connectivity index (χ3v) is 6.73. The smallest absolute Gasteiger partial charge is 0.224 e. The zero-order valence-corrected chi connectivity index (χ0v) is 16.4. The van der Waals surface area contributed by atoms with Crippen molar-refractivity contribution in [2.45, 2.75) is 63.3 Å². The second kappa shape index (κ2) is 8.75. The Labute approximate surface area is 161 Å². The summed E-state index contributed by atoms with van der Waals surface area (Å²) in [6.07, 6.45) is 10.8. The van der Waals surface area contributed by atoms with Gasteiger partial charge in [0.2, 0.25) is 5.91 Å². The molecule has 1 aliphatic carbocycles. The van der Waals surface area contributed by atoms with Crippen LogP contribution in [0.25, 0.3) is 0 Å². The Kier molecular flexibility index (Phi) is 6.65. The van der Waals surface area contributed by atoms with Crippen LogP contribution in [0.4, 0.5) is 0 Å². The molecule has 2 aliphatic rings. The first-order chi connectivity index (χ1) is 12.1. The zero-order chi connectivity index (χ0) is 17.7. The molecule has 0 radical (unpaired) electrons. The highest BCUT2D eigenvalue weighted by atomic mass is 35.5. The number of benzene rings is 1. The highest BCUT2D eigenvalue weighted by molar-refractivity contribution is 6.42. The van der Waals surface area contributed by atoms with Crippen LogP contribution in [0.5, 0.6) is 0 Å². The van der Waals surface area contributed by atoms with Gasteiger partial charge in [-0.3, -0.25) is 4.79 Å². The first-order valence-corrected chi connectivity index (χ1v) is 10.4. The molecule has 1 aromatic carbocycles. The van der Waals surface area contributed by atoms with Crippen LogP contribution in [0.2, 0.25) is 10.0 Å². The van der Waals surface area contributed by atoms with Crippen LogP contribution in [0, 0.1) is 0 Å². The van der Waals surface area contributed by atoms with E-state index >= 15 is 0 Å². The van der Waals surface area contributed by atoms with Crippen LogP contribution in [0.15, 0.2) is 18.2 Å². The molecule has 1 amide bonds. The van der Waals surface area contributed by atoms with E-state index < -0.39 is 0 Å². The second-order valence-electron chi connectivity index (χ2n) is 7.71. The van der Waals surface area contributed by atoms with Gasteiger partial charge in [0.15, 0.2) is 0 Å². The van der Waals surface area contributed by atoms with Crippen LogP contribution in [0.3, 0.4) is 0 Å². The predicted octanol–water partition coefficient (Wildman–Crippen LogP) is 3.42. The molecule has 0 aromatic heterocycles. The van der Waals surface area contributed by atoms with Crippen LogP contribution in [0.1, 0.15) is 56.9 Å². The van der Waals surface area contributed by atoms with Crippen LogP contribution < -0.4 is 10.2 Å². The highest BCUT2D eigenvalue weighted by Gasteiger charge is 2.42. The van der Waals surface area contributed by atoms with Crippen LogP contribution >= 0.6 is 23.2 Å². The molecule has 3 rings (SSSR count). The SMILES string of the molecule is O=C(Cc1ccc(Cl)c(Cl)c1)NCC1([NH+]2CCCCC2)CCCCC1. The Morgan fingerprint density at radius 2 is 1.68 bits per heavy atom. The molecule has 2 N–H and O–H groups in total. The number of carbonyl (C=O) groups excluding carboxylic acids is 1. The van der Waals surface area contributed by atoms with E-state index in [1.807, 2.05) is 6.07 Å². The number of piperidine rings is 1. The van der Waals surface area contributed by atoms with E-state index in [1.165, 1.54) is 64.5 Å². The number of rotatable bonds is 5. The third-order valence-electron chi connectivity index (χ3n) is 5.99. The van der Waals surface area contributed by atoms with Gasteiger partial charge in [-0.1, -0.05) is 35.7 Å². The molecule has 0 atom stereocenters. The number of carbonyl (C=O) groups is 1. The number of nitrogens with one attached hydrogen (secondary N) is 2. The lowest BCUT2D eigenvalue weighted by Gasteiger charge is -2.45. The molecular formula is C20H29Cl2N2O+. The van der Waals surface area contributed by atoms with E-state index in [0.717, 1.165) is 12.1 Å². The summed E-state index contributed by atoms with van der Waals surface area (Å²) >= 11 is 12.0. The Morgan fingerprint density at radius 1 is 1.00 bits per heavy atom. The molecule has 1 heterocycles. The summed E-state index contributed by atoms with van der Waals surface area (Å²) in [4.78, 5) is 14.2. The fourth-order valence-corrected chi connectivity index (χ4v) is 4.88. The Morgan fingerprint density at radius 3 is 2.36 bits per heavy atom. The van der Waals surface area contributed by atoms with Crippen molar-refractivity contribution in [1.82, 2.24) is 5.32 Å². The Hall–Kier alpha value is -0.770. The van der Waals surface area contributed by atoms with E-state index in [2.05, 4.69) is 5.32 Å². The minimum atomic E-state index is 0.0831. The summed E-state index contributed by atoms with van der Waals surface area (Å²) in [5.41, 5.74) is 1.17. The molecule has 0 bridgehead atoms. The fraction of sp³-hybridized carbons (Fsp3) is 0.650. The maximum absolute atomic E-state index is 12.5. The van der Waals surface area contributed by atoms with Gasteiger partial charge in [-0.2, -0.15) is 0 Å². The number of halogens is 2. The van der Waals surface area contributed by atoms with Gasteiger partial charge < -0.3 is 10.2 Å². The van der Waals surface area contributed by atoms with Gasteiger partial charge in [-0.15, -0.1) is 0 Å². The van der Waals surface area contributed by atoms with E-state index in [0.29, 0.717) is 16.5 Å². The van der Waals surface area contributed by atoms with E-state index in [1.54, 1.807) is 17.0 Å². The van der Waals surface area contributed by atoms with E-state index in [-0.39, 0.29) is 11.4 Å². The summed E-state index contributed by atoms with van der Waals surface area (Å²) in [7, 11) is 0. The molecule has 138 valence electrons. The number of hydrogen-bond acceptors (Lipinski definition) is 1. The number of hydrogen-bond donors (Lipinski definition) is 2. The predicted molar refractivity (Wildman–Crippen MR) is 104 cm³/mol. The number of likely N-dealkylation sites (tertiary alicyclic amines) is 1. The molecule has 1 aromatic rings. The van der Waals surface area contributed by atoms with Gasteiger partial charge in [0.1, 0.15) is 5.54 Å². The van der Waals surface area contributed by atoms with Gasteiger partial charge in [-0.25, -0.2) is 0 Å². The largest absolute Gasteiger partial charge is 0.350 e. The van der Waals surface area contributed by atoms with Gasteiger partial charge >= 0.3 is 0 Å². The molecule has 5 heteroatoms. The highest BCUT2D eigenvalue weighted by Crippen LogP contribution is 2.26.